The van der Waals surface area contributed by atoms with E-state index in [4.69, 9.17) is 49.7 Å². The van der Waals surface area contributed by atoms with Crippen LogP contribution in [0.1, 0.15) is 6.92 Å². The molecule has 0 saturated heterocycles. The van der Waals surface area contributed by atoms with Crippen molar-refractivity contribution in [2.24, 2.45) is 16.9 Å². The number of hydrogen-bond acceptors (Lipinski definition) is 10. The number of carboxylic acid groups (broad SMARTS) is 1. The summed E-state index contributed by atoms with van der Waals surface area (Å²) in [5.74, 6) is -1.02. The minimum Gasteiger partial charge on any atom is -0.480 e. The summed E-state index contributed by atoms with van der Waals surface area (Å²) < 4.78 is 37.8. The molecule has 0 amide bonds. The van der Waals surface area contributed by atoms with Gasteiger partial charge in [0.25, 0.3) is 0 Å². The molecule has 0 atom stereocenters. The van der Waals surface area contributed by atoms with Crippen LogP contribution in [-0.2, 0) is 38.0 Å². The predicted octanol–water partition coefficient (Wildman–Crippen LogP) is -0.889. The molecule has 0 aliphatic rings. The van der Waals surface area contributed by atoms with Gasteiger partial charge in [0.15, 0.2) is 0 Å². The Kier molecular flexibility index (Phi) is 20.7. The second-order valence-corrected chi connectivity index (χ2v) is 6.83. The Morgan fingerprint density at radius 2 is 0.967 bits per heavy atom. The van der Waals surface area contributed by atoms with Crippen molar-refractivity contribution in [3.8, 4) is 0 Å². The Hall–Kier alpha value is -0.890. The molecule has 0 aliphatic carbocycles. The largest absolute Gasteiger partial charge is 0.480 e. The fraction of sp³-hybridized carbons (Fsp3) is 0.947. The maximum Gasteiger partial charge on any atom is 0.329 e. The highest BCUT2D eigenvalue weighted by molar-refractivity contribution is 5.67. The maximum atomic E-state index is 10.7. The van der Waals surface area contributed by atoms with Gasteiger partial charge in [-0.1, -0.05) is 6.92 Å². The van der Waals surface area contributed by atoms with E-state index in [0.717, 1.165) is 0 Å². The SMILES string of the molecule is CC(COCCOCCOCCN)(COCCOCCOCCN)COCC(=O)O. The van der Waals surface area contributed by atoms with Crippen molar-refractivity contribution >= 4 is 5.97 Å². The number of nitrogens with two attached hydrogens (primary N) is 2. The van der Waals surface area contributed by atoms with Gasteiger partial charge >= 0.3 is 5.97 Å². The summed E-state index contributed by atoms with van der Waals surface area (Å²) in [5, 5.41) is 8.76. The van der Waals surface area contributed by atoms with Crippen LogP contribution in [0.4, 0.5) is 0 Å². The van der Waals surface area contributed by atoms with E-state index in [2.05, 4.69) is 0 Å². The van der Waals surface area contributed by atoms with Gasteiger partial charge in [-0.05, 0) is 0 Å². The van der Waals surface area contributed by atoms with Gasteiger partial charge in [-0.25, -0.2) is 4.79 Å². The second-order valence-electron chi connectivity index (χ2n) is 6.83. The Bertz CT molecular complexity index is 367. The monoisotopic (exact) mass is 440 g/mol. The van der Waals surface area contributed by atoms with E-state index in [0.29, 0.717) is 92.4 Å². The van der Waals surface area contributed by atoms with E-state index >= 15 is 0 Å². The van der Waals surface area contributed by atoms with E-state index in [1.807, 2.05) is 6.92 Å². The van der Waals surface area contributed by atoms with Gasteiger partial charge < -0.3 is 49.7 Å². The molecule has 0 bridgehead atoms. The van der Waals surface area contributed by atoms with Gasteiger partial charge in [-0.3, -0.25) is 0 Å². The topological polar surface area (TPSA) is 154 Å². The number of ether oxygens (including phenoxy) is 7. The zero-order chi connectivity index (χ0) is 22.3. The molecule has 0 fully saturated rings. The van der Waals surface area contributed by atoms with Crippen molar-refractivity contribution < 1.29 is 43.1 Å². The molecule has 0 radical (unpaired) electrons. The number of aliphatic carboxylic acids is 1. The predicted molar refractivity (Wildman–Crippen MR) is 110 cm³/mol. The Morgan fingerprint density at radius 3 is 1.33 bits per heavy atom. The van der Waals surface area contributed by atoms with Gasteiger partial charge in [-0.15, -0.1) is 0 Å². The first-order chi connectivity index (χ1) is 14.5. The molecule has 11 nitrogen and oxygen atoms in total. The van der Waals surface area contributed by atoms with Gasteiger partial charge in [0.1, 0.15) is 6.61 Å². The first kappa shape index (κ1) is 29.1. The lowest BCUT2D eigenvalue weighted by atomic mass is 9.94. The highest BCUT2D eigenvalue weighted by atomic mass is 16.6. The normalized spacial score (nSPS) is 11.8. The zero-order valence-electron chi connectivity index (χ0n) is 18.2. The van der Waals surface area contributed by atoms with E-state index in [1.54, 1.807) is 0 Å². The molecule has 0 saturated carbocycles. The highest BCUT2D eigenvalue weighted by Gasteiger charge is 2.26. The van der Waals surface area contributed by atoms with Crippen LogP contribution in [0.15, 0.2) is 0 Å². The van der Waals surface area contributed by atoms with E-state index in [9.17, 15) is 4.79 Å². The average Bonchev–Trinajstić information content (AvgIpc) is 2.71. The lowest BCUT2D eigenvalue weighted by Gasteiger charge is -2.28. The molecule has 0 aliphatic heterocycles. The fourth-order valence-electron chi connectivity index (χ4n) is 2.19. The number of carboxylic acids is 1. The van der Waals surface area contributed by atoms with Crippen LogP contribution in [0, 0.1) is 5.41 Å². The Morgan fingerprint density at radius 1 is 0.633 bits per heavy atom. The Labute approximate surface area is 179 Å². The summed E-state index contributed by atoms with van der Waals surface area (Å²) >= 11 is 0. The summed E-state index contributed by atoms with van der Waals surface area (Å²) in [6.45, 7) is 8.03. The quantitative estimate of drug-likeness (QED) is 0.160. The minimum atomic E-state index is -1.02. The summed E-state index contributed by atoms with van der Waals surface area (Å²) in [6.07, 6.45) is 0. The summed E-state index contributed by atoms with van der Waals surface area (Å²) in [4.78, 5) is 10.7. The van der Waals surface area contributed by atoms with Crippen LogP contribution in [-0.4, -0.2) is 117 Å². The molecule has 30 heavy (non-hydrogen) atoms. The minimum absolute atomic E-state index is 0.195. The van der Waals surface area contributed by atoms with Gasteiger partial charge in [0.2, 0.25) is 0 Å². The molecule has 5 N–H and O–H groups in total. The van der Waals surface area contributed by atoms with Gasteiger partial charge in [-0.2, -0.15) is 0 Å². The van der Waals surface area contributed by atoms with Crippen molar-refractivity contribution in [3.63, 3.8) is 0 Å². The molecular formula is C19H40N2O9. The summed E-state index contributed by atoms with van der Waals surface area (Å²) in [5.41, 5.74) is 10.2. The Balaban J connectivity index is 3.95. The van der Waals surface area contributed by atoms with Crippen molar-refractivity contribution in [3.05, 3.63) is 0 Å². The van der Waals surface area contributed by atoms with Crippen LogP contribution < -0.4 is 11.5 Å². The third-order valence-corrected chi connectivity index (χ3v) is 3.59. The molecular weight excluding hydrogens is 400 g/mol. The van der Waals surface area contributed by atoms with Crippen LogP contribution in [0.2, 0.25) is 0 Å². The van der Waals surface area contributed by atoms with Crippen LogP contribution in [0.25, 0.3) is 0 Å². The first-order valence-electron chi connectivity index (χ1n) is 10.2. The van der Waals surface area contributed by atoms with Gasteiger partial charge in [0.05, 0.1) is 85.9 Å². The smallest absolute Gasteiger partial charge is 0.329 e. The standard InChI is InChI=1S/C19H40N2O9/c1-19(17-30-14-18(22)23,15-28-12-10-26-8-6-24-4-2-20)16-29-13-11-27-9-7-25-5-3-21/h2-17,20-21H2,1H3,(H,22,23). The third-order valence-electron chi connectivity index (χ3n) is 3.59. The van der Waals surface area contributed by atoms with Crippen LogP contribution >= 0.6 is 0 Å². The number of carbonyl (C=O) groups is 1. The number of hydrogen-bond donors (Lipinski definition) is 3. The average molecular weight is 441 g/mol. The molecule has 11 heteroatoms. The number of rotatable bonds is 24. The molecule has 0 aromatic heterocycles. The van der Waals surface area contributed by atoms with Crippen molar-refractivity contribution in [1.29, 1.82) is 0 Å². The molecule has 0 unspecified atom stereocenters. The van der Waals surface area contributed by atoms with Crippen molar-refractivity contribution in [2.75, 3.05) is 106 Å². The lowest BCUT2D eigenvalue weighted by Crippen LogP contribution is -2.36. The van der Waals surface area contributed by atoms with Crippen molar-refractivity contribution in [1.82, 2.24) is 0 Å². The highest BCUT2D eigenvalue weighted by Crippen LogP contribution is 2.18. The zero-order valence-corrected chi connectivity index (χ0v) is 18.2. The van der Waals surface area contributed by atoms with E-state index < -0.39 is 11.4 Å². The van der Waals surface area contributed by atoms with E-state index in [1.165, 1.54) is 0 Å². The fourth-order valence-corrected chi connectivity index (χ4v) is 2.19. The maximum absolute atomic E-state index is 10.7. The molecule has 0 rings (SSSR count). The van der Waals surface area contributed by atoms with Crippen molar-refractivity contribution in [2.45, 2.75) is 6.92 Å². The first-order valence-corrected chi connectivity index (χ1v) is 10.2. The second kappa shape index (κ2) is 21.3. The molecule has 0 aromatic carbocycles. The third kappa shape index (κ3) is 20.4. The van der Waals surface area contributed by atoms with E-state index in [-0.39, 0.29) is 13.2 Å². The van der Waals surface area contributed by atoms with Gasteiger partial charge in [0, 0.05) is 18.5 Å². The summed E-state index contributed by atoms with van der Waals surface area (Å²) in [7, 11) is 0. The van der Waals surface area contributed by atoms with Crippen LogP contribution in [0.3, 0.4) is 0 Å². The van der Waals surface area contributed by atoms with Crippen LogP contribution in [0.5, 0.6) is 0 Å². The molecule has 0 heterocycles. The molecule has 0 aromatic rings. The molecule has 180 valence electrons. The summed E-state index contributed by atoms with van der Waals surface area (Å²) in [6, 6.07) is 0. The molecule has 0 spiro atoms. The lowest BCUT2D eigenvalue weighted by molar-refractivity contribution is -0.145.